The van der Waals surface area contributed by atoms with Gasteiger partial charge >= 0.3 is 11.9 Å². The normalized spacial score (nSPS) is 11.2. The van der Waals surface area contributed by atoms with Gasteiger partial charge in [0.2, 0.25) is 5.88 Å². The average molecular weight is 726 g/mol. The fraction of sp³-hybridized carbons (Fsp3) is 0.167. The van der Waals surface area contributed by atoms with Crippen LogP contribution in [-0.4, -0.2) is 57.2 Å². The molecule has 0 saturated carbocycles. The molecule has 218 valence electrons. The van der Waals surface area contributed by atoms with E-state index in [0.29, 0.717) is 30.5 Å². The smallest absolute Gasteiger partial charge is 0.355 e. The van der Waals surface area contributed by atoms with Crippen molar-refractivity contribution in [2.45, 2.75) is 13.8 Å². The summed E-state index contributed by atoms with van der Waals surface area (Å²) in [6, 6.07) is 11.7. The second-order valence-electron chi connectivity index (χ2n) is 9.13. The molecular weight excluding hydrogens is 701 g/mol. The molecule has 0 aliphatic heterocycles. The van der Waals surface area contributed by atoms with Gasteiger partial charge in [0.25, 0.3) is 0 Å². The molecule has 43 heavy (non-hydrogen) atoms. The van der Waals surface area contributed by atoms with Gasteiger partial charge in [0, 0.05) is 39.1 Å². The number of H-pyrrole nitrogens is 2. The van der Waals surface area contributed by atoms with E-state index < -0.39 is 5.97 Å². The predicted octanol–water partition coefficient (Wildman–Crippen LogP) is 7.58. The maximum atomic E-state index is 12.5. The number of hydrogen-bond acceptors (Lipinski definition) is 10. The number of pyridine rings is 1. The van der Waals surface area contributed by atoms with Crippen LogP contribution in [-0.2, 0) is 9.47 Å². The minimum absolute atomic E-state index is 0.300. The summed E-state index contributed by atoms with van der Waals surface area (Å²) in [5, 5.41) is 1.95. The van der Waals surface area contributed by atoms with Gasteiger partial charge in [0.1, 0.15) is 11.4 Å². The molecule has 0 amide bonds. The lowest BCUT2D eigenvalue weighted by molar-refractivity contribution is 0.0511. The van der Waals surface area contributed by atoms with Gasteiger partial charge in [-0.05, 0) is 72.8 Å². The highest BCUT2D eigenvalue weighted by Gasteiger charge is 2.24. The summed E-state index contributed by atoms with van der Waals surface area (Å²) >= 11 is 5.32. The predicted molar refractivity (Wildman–Crippen MR) is 177 cm³/mol. The van der Waals surface area contributed by atoms with Crippen molar-refractivity contribution >= 4 is 99.4 Å². The number of benzene rings is 2. The maximum absolute atomic E-state index is 12.5. The van der Waals surface area contributed by atoms with Crippen molar-refractivity contribution in [3.8, 4) is 17.0 Å². The van der Waals surface area contributed by atoms with Gasteiger partial charge in [-0.25, -0.2) is 24.5 Å². The molecule has 0 spiro atoms. The van der Waals surface area contributed by atoms with Crippen LogP contribution in [0.3, 0.4) is 0 Å². The Kier molecular flexibility index (Phi) is 8.27. The Morgan fingerprint density at radius 1 is 0.837 bits per heavy atom. The number of carbonyl (C=O) groups excluding carboxylic acids is 2. The molecule has 7 rings (SSSR count). The highest BCUT2D eigenvalue weighted by Crippen LogP contribution is 2.39. The highest BCUT2D eigenvalue weighted by atomic mass is 127. The van der Waals surface area contributed by atoms with Crippen LogP contribution in [0.4, 0.5) is 0 Å². The number of ether oxygens (including phenoxy) is 3. The number of rotatable bonds is 6. The highest BCUT2D eigenvalue weighted by molar-refractivity contribution is 14.1. The molecule has 7 aromatic rings. The number of nitrogens with zero attached hydrogens (tertiary/aromatic N) is 3. The van der Waals surface area contributed by atoms with Crippen molar-refractivity contribution in [3.63, 3.8) is 0 Å². The molecule has 0 saturated heterocycles. The van der Waals surface area contributed by atoms with E-state index >= 15 is 0 Å². The average Bonchev–Trinajstić information content (AvgIpc) is 3.80. The number of esters is 2. The zero-order valence-corrected chi connectivity index (χ0v) is 27.0. The third-order valence-electron chi connectivity index (χ3n) is 6.63. The molecule has 2 aromatic carbocycles. The van der Waals surface area contributed by atoms with E-state index in [1.165, 1.54) is 0 Å². The van der Waals surface area contributed by atoms with E-state index in [1.807, 2.05) is 35.8 Å². The number of hydrogen-bond donors (Lipinski definition) is 2. The van der Waals surface area contributed by atoms with Gasteiger partial charge in [-0.2, -0.15) is 0 Å². The largest absolute Gasteiger partial charge is 0.481 e. The Labute approximate surface area is 266 Å². The SMILES string of the molecule is CCOC(=O)c1[nH]c2cc3ncsc3cc2c1-c1cccnc1OC.CCOC(=O)c1[nH]c2cc3ncsc3cc2c1I. The van der Waals surface area contributed by atoms with Crippen molar-refractivity contribution in [3.05, 3.63) is 68.6 Å². The number of methoxy groups -OCH3 is 1. The van der Waals surface area contributed by atoms with E-state index in [2.05, 4.69) is 53.6 Å². The van der Waals surface area contributed by atoms with Gasteiger partial charge in [-0.15, -0.1) is 22.7 Å². The van der Waals surface area contributed by atoms with Crippen LogP contribution in [0.2, 0.25) is 0 Å². The zero-order valence-electron chi connectivity index (χ0n) is 23.2. The van der Waals surface area contributed by atoms with Gasteiger partial charge in [-0.1, -0.05) is 0 Å². The first-order valence-corrected chi connectivity index (χ1v) is 16.0. The fourth-order valence-electron chi connectivity index (χ4n) is 4.78. The van der Waals surface area contributed by atoms with Crippen LogP contribution in [0, 0.1) is 3.57 Å². The molecule has 2 N–H and O–H groups in total. The molecule has 5 heterocycles. The molecule has 0 radical (unpaired) electrons. The Hall–Kier alpha value is -4.08. The van der Waals surface area contributed by atoms with Crippen molar-refractivity contribution in [1.29, 1.82) is 0 Å². The number of carbonyl (C=O) groups is 2. The van der Waals surface area contributed by atoms with Gasteiger partial charge in [0.05, 0.1) is 55.3 Å². The van der Waals surface area contributed by atoms with Gasteiger partial charge in [0.15, 0.2) is 0 Å². The Balaban J connectivity index is 0.000000162. The number of nitrogens with one attached hydrogen (secondary N) is 2. The first-order valence-electron chi connectivity index (χ1n) is 13.2. The number of aromatic nitrogens is 5. The molecule has 5 aromatic heterocycles. The topological polar surface area (TPSA) is 132 Å². The number of fused-ring (bicyclic) bond motifs is 4. The van der Waals surface area contributed by atoms with Crippen molar-refractivity contribution in [1.82, 2.24) is 24.9 Å². The second kappa shape index (κ2) is 12.3. The monoisotopic (exact) mass is 725 g/mol. The van der Waals surface area contributed by atoms with Crippen LogP contribution >= 0.6 is 45.3 Å². The van der Waals surface area contributed by atoms with Crippen molar-refractivity contribution in [2.75, 3.05) is 20.3 Å². The Bertz CT molecular complexity index is 2130. The van der Waals surface area contributed by atoms with E-state index in [-0.39, 0.29) is 5.97 Å². The summed E-state index contributed by atoms with van der Waals surface area (Å²) in [7, 11) is 1.56. The van der Waals surface area contributed by atoms with Gasteiger partial charge < -0.3 is 24.2 Å². The summed E-state index contributed by atoms with van der Waals surface area (Å²) in [5.74, 6) is -0.260. The lowest BCUT2D eigenvalue weighted by Gasteiger charge is -2.08. The van der Waals surface area contributed by atoms with E-state index in [1.54, 1.807) is 55.3 Å². The first kappa shape index (κ1) is 29.0. The number of aromatic amines is 2. The third-order valence-corrected chi connectivity index (χ3v) is 9.33. The summed E-state index contributed by atoms with van der Waals surface area (Å²) in [5.41, 5.74) is 9.58. The Morgan fingerprint density at radius 3 is 2.05 bits per heavy atom. The van der Waals surface area contributed by atoms with E-state index in [9.17, 15) is 9.59 Å². The van der Waals surface area contributed by atoms with Crippen LogP contribution in [0.1, 0.15) is 34.8 Å². The number of halogens is 1. The van der Waals surface area contributed by atoms with Crippen LogP contribution in [0.15, 0.2) is 53.6 Å². The van der Waals surface area contributed by atoms with E-state index in [4.69, 9.17) is 14.2 Å². The molecular formula is C30H24IN5O5S2. The molecule has 0 unspecified atom stereocenters. The van der Waals surface area contributed by atoms with Crippen LogP contribution in [0.25, 0.3) is 53.4 Å². The van der Waals surface area contributed by atoms with Crippen LogP contribution in [0.5, 0.6) is 5.88 Å². The summed E-state index contributed by atoms with van der Waals surface area (Å²) in [6.45, 7) is 4.26. The van der Waals surface area contributed by atoms with Crippen molar-refractivity contribution in [2.24, 2.45) is 0 Å². The molecule has 0 atom stereocenters. The fourth-order valence-corrected chi connectivity index (χ4v) is 6.98. The van der Waals surface area contributed by atoms with Gasteiger partial charge in [-0.3, -0.25) is 0 Å². The quantitative estimate of drug-likeness (QED) is 0.133. The minimum atomic E-state index is -0.407. The second-order valence-corrected chi connectivity index (χ2v) is 12.0. The number of thiazole rings is 2. The zero-order chi connectivity index (χ0) is 30.1. The summed E-state index contributed by atoms with van der Waals surface area (Å²) < 4.78 is 18.7. The minimum Gasteiger partial charge on any atom is -0.481 e. The summed E-state index contributed by atoms with van der Waals surface area (Å²) in [4.78, 5) is 43.5. The third kappa shape index (κ3) is 5.43. The molecule has 13 heteroatoms. The molecule has 0 fully saturated rings. The standard InChI is InChI=1S/C18H15N3O3S.C12H9IN2O2S/c1-3-24-18(22)16-15(10-5-4-6-19-17(10)23-2)11-7-14-13(20-9-25-14)8-12(11)21-16;1-2-17-12(16)11-10(13)6-3-9-8(14-5-18-9)4-7(6)15-11/h4-9,21H,3H2,1-2H3;3-5,15H,2H2,1H3. The van der Waals surface area contributed by atoms with Crippen LogP contribution < -0.4 is 4.74 Å². The Morgan fingerprint density at radius 2 is 1.42 bits per heavy atom. The molecule has 10 nitrogen and oxygen atoms in total. The first-order chi connectivity index (χ1) is 20.9. The molecule has 0 aliphatic rings. The van der Waals surface area contributed by atoms with E-state index in [0.717, 1.165) is 56.9 Å². The maximum Gasteiger partial charge on any atom is 0.355 e. The molecule has 0 aliphatic carbocycles. The lowest BCUT2D eigenvalue weighted by Crippen LogP contribution is -2.06. The lowest BCUT2D eigenvalue weighted by atomic mass is 10.0. The molecule has 0 bridgehead atoms. The summed E-state index contributed by atoms with van der Waals surface area (Å²) in [6.07, 6.45) is 1.66. The van der Waals surface area contributed by atoms with Crippen molar-refractivity contribution < 1.29 is 23.8 Å².